The van der Waals surface area contributed by atoms with Crippen LogP contribution in [0.5, 0.6) is 0 Å². The molecule has 0 saturated carbocycles. The molecule has 0 aliphatic carbocycles. The molecule has 0 bridgehead atoms. The van der Waals surface area contributed by atoms with Crippen molar-refractivity contribution in [2.24, 2.45) is 0 Å². The maximum atomic E-state index is 12.3. The van der Waals surface area contributed by atoms with Crippen LogP contribution in [0.3, 0.4) is 0 Å². The second kappa shape index (κ2) is 12.8. The Labute approximate surface area is 204 Å². The van der Waals surface area contributed by atoms with Gasteiger partial charge in [0, 0.05) is 35.5 Å². The number of carbonyl (C=O) groups is 2. The normalized spacial score (nSPS) is 14.1. The van der Waals surface area contributed by atoms with Crippen LogP contribution in [-0.4, -0.2) is 68.2 Å². The third-order valence-corrected chi connectivity index (χ3v) is 6.65. The molecule has 0 radical (unpaired) electrons. The second-order valence-corrected chi connectivity index (χ2v) is 9.14. The van der Waals surface area contributed by atoms with Crippen molar-refractivity contribution in [3.63, 3.8) is 0 Å². The first-order valence-corrected chi connectivity index (χ1v) is 12.1. The minimum Gasteiger partial charge on any atom is -0.465 e. The Morgan fingerprint density at radius 2 is 1.94 bits per heavy atom. The van der Waals surface area contributed by atoms with Crippen LogP contribution < -0.4 is 0 Å². The highest BCUT2D eigenvalue weighted by molar-refractivity contribution is 7.99. The number of halogens is 1. The lowest BCUT2D eigenvalue weighted by Gasteiger charge is -2.25. The highest BCUT2D eigenvalue weighted by Gasteiger charge is 2.15. The van der Waals surface area contributed by atoms with Crippen molar-refractivity contribution >= 4 is 41.3 Å². The molecule has 33 heavy (non-hydrogen) atoms. The maximum absolute atomic E-state index is 12.3. The molecule has 2 aromatic carbocycles. The molecule has 0 aromatic heterocycles. The predicted octanol–water partition coefficient (Wildman–Crippen LogP) is 4.36. The molecular weight excluding hydrogens is 460 g/mol. The van der Waals surface area contributed by atoms with Crippen LogP contribution in [-0.2, 0) is 25.6 Å². The summed E-state index contributed by atoms with van der Waals surface area (Å²) in [5, 5.41) is 0.621. The molecule has 8 heteroatoms. The van der Waals surface area contributed by atoms with E-state index in [2.05, 4.69) is 0 Å². The Bertz CT molecular complexity index is 992. The summed E-state index contributed by atoms with van der Waals surface area (Å²) < 4.78 is 10.3. The van der Waals surface area contributed by atoms with Crippen LogP contribution >= 0.6 is 23.4 Å². The van der Waals surface area contributed by atoms with E-state index in [0.29, 0.717) is 44.5 Å². The molecule has 3 rings (SSSR count). The third-order valence-electron chi connectivity index (χ3n) is 5.03. The highest BCUT2D eigenvalue weighted by Crippen LogP contribution is 2.36. The SMILES string of the molecule is CCOC(=O)CN(C)Cc1ccccc1Sc1ccc(/C=C/C(=O)N2CCOCC2)cc1Cl. The van der Waals surface area contributed by atoms with Gasteiger partial charge in [0.05, 0.1) is 31.4 Å². The first-order chi connectivity index (χ1) is 16.0. The standard InChI is InChI=1S/C25H29ClN2O4S/c1-3-32-25(30)18-27(2)17-20-6-4-5-7-22(20)33-23-10-8-19(16-21(23)26)9-11-24(29)28-12-14-31-15-13-28/h4-11,16H,3,12-15,17-18H2,1-2H3/b11-9+. The molecular formula is C25H29ClN2O4S. The van der Waals surface area contributed by atoms with Gasteiger partial charge in [0.25, 0.3) is 0 Å². The van der Waals surface area contributed by atoms with Crippen molar-refractivity contribution in [1.29, 1.82) is 0 Å². The van der Waals surface area contributed by atoms with E-state index in [1.807, 2.05) is 54.4 Å². The van der Waals surface area contributed by atoms with E-state index >= 15 is 0 Å². The Kier molecular flexibility index (Phi) is 9.81. The van der Waals surface area contributed by atoms with Gasteiger partial charge in [-0.3, -0.25) is 14.5 Å². The lowest BCUT2D eigenvalue weighted by Crippen LogP contribution is -2.39. The molecule has 1 saturated heterocycles. The molecule has 2 aromatic rings. The van der Waals surface area contributed by atoms with E-state index in [1.54, 1.807) is 35.7 Å². The summed E-state index contributed by atoms with van der Waals surface area (Å²) in [5.41, 5.74) is 1.97. The Hall–Kier alpha value is -2.32. The van der Waals surface area contributed by atoms with Gasteiger partial charge in [-0.2, -0.15) is 0 Å². The van der Waals surface area contributed by atoms with Gasteiger partial charge < -0.3 is 14.4 Å². The minimum absolute atomic E-state index is 0.0197. The van der Waals surface area contributed by atoms with E-state index in [1.165, 1.54) is 0 Å². The molecule has 0 atom stereocenters. The van der Waals surface area contributed by atoms with E-state index in [-0.39, 0.29) is 18.4 Å². The quantitative estimate of drug-likeness (QED) is 0.386. The van der Waals surface area contributed by atoms with Crippen LogP contribution in [0.25, 0.3) is 6.08 Å². The smallest absolute Gasteiger partial charge is 0.320 e. The Morgan fingerprint density at radius 1 is 1.18 bits per heavy atom. The Morgan fingerprint density at radius 3 is 2.67 bits per heavy atom. The first kappa shape index (κ1) is 25.3. The molecule has 1 aliphatic heterocycles. The fraction of sp³-hybridized carbons (Fsp3) is 0.360. The molecule has 1 aliphatic rings. The number of hydrogen-bond acceptors (Lipinski definition) is 6. The first-order valence-electron chi connectivity index (χ1n) is 10.9. The fourth-order valence-electron chi connectivity index (χ4n) is 3.39. The molecule has 0 spiro atoms. The van der Waals surface area contributed by atoms with Crippen LogP contribution in [0.2, 0.25) is 5.02 Å². The van der Waals surface area contributed by atoms with Crippen LogP contribution in [0.4, 0.5) is 0 Å². The third kappa shape index (κ3) is 7.89. The molecule has 1 amide bonds. The van der Waals surface area contributed by atoms with E-state index in [0.717, 1.165) is 20.9 Å². The lowest BCUT2D eigenvalue weighted by molar-refractivity contribution is -0.144. The molecule has 0 N–H and O–H groups in total. The van der Waals surface area contributed by atoms with Crippen LogP contribution in [0.1, 0.15) is 18.1 Å². The number of carbonyl (C=O) groups excluding carboxylic acids is 2. The van der Waals surface area contributed by atoms with Gasteiger partial charge in [-0.1, -0.05) is 47.6 Å². The number of likely N-dealkylation sites (N-methyl/N-ethyl adjacent to an activating group) is 1. The van der Waals surface area contributed by atoms with Gasteiger partial charge in [-0.25, -0.2) is 0 Å². The average molecular weight is 489 g/mol. The van der Waals surface area contributed by atoms with Crippen molar-refractivity contribution in [1.82, 2.24) is 9.80 Å². The molecule has 1 heterocycles. The second-order valence-electron chi connectivity index (χ2n) is 7.65. The van der Waals surface area contributed by atoms with Gasteiger partial charge in [0.2, 0.25) is 5.91 Å². The van der Waals surface area contributed by atoms with Crippen LogP contribution in [0.15, 0.2) is 58.3 Å². The summed E-state index contributed by atoms with van der Waals surface area (Å²) >= 11 is 8.15. The molecule has 176 valence electrons. The van der Waals surface area contributed by atoms with Crippen molar-refractivity contribution in [3.05, 3.63) is 64.7 Å². The van der Waals surface area contributed by atoms with Crippen LogP contribution in [0, 0.1) is 0 Å². The summed E-state index contributed by atoms with van der Waals surface area (Å²) in [4.78, 5) is 29.8. The monoisotopic (exact) mass is 488 g/mol. The van der Waals surface area contributed by atoms with Gasteiger partial charge in [-0.05, 0) is 49.4 Å². The Balaban J connectivity index is 1.65. The zero-order valence-corrected chi connectivity index (χ0v) is 20.5. The van der Waals surface area contributed by atoms with Gasteiger partial charge >= 0.3 is 5.97 Å². The largest absolute Gasteiger partial charge is 0.465 e. The number of nitrogens with zero attached hydrogens (tertiary/aromatic N) is 2. The zero-order valence-electron chi connectivity index (χ0n) is 19.0. The minimum atomic E-state index is -0.232. The molecule has 6 nitrogen and oxygen atoms in total. The molecule has 1 fully saturated rings. The van der Waals surface area contributed by atoms with E-state index in [4.69, 9.17) is 21.1 Å². The van der Waals surface area contributed by atoms with Crippen molar-refractivity contribution in [2.75, 3.05) is 46.5 Å². The highest BCUT2D eigenvalue weighted by atomic mass is 35.5. The van der Waals surface area contributed by atoms with Gasteiger partial charge in [-0.15, -0.1) is 0 Å². The fourth-order valence-corrected chi connectivity index (χ4v) is 4.63. The van der Waals surface area contributed by atoms with Gasteiger partial charge in [0.1, 0.15) is 0 Å². The van der Waals surface area contributed by atoms with Crippen molar-refractivity contribution in [2.45, 2.75) is 23.3 Å². The zero-order chi connectivity index (χ0) is 23.6. The van der Waals surface area contributed by atoms with Crippen molar-refractivity contribution in [3.8, 4) is 0 Å². The van der Waals surface area contributed by atoms with E-state index in [9.17, 15) is 9.59 Å². The number of esters is 1. The summed E-state index contributed by atoms with van der Waals surface area (Å²) in [5.74, 6) is -0.252. The summed E-state index contributed by atoms with van der Waals surface area (Å²) in [6, 6.07) is 13.8. The average Bonchev–Trinajstić information content (AvgIpc) is 2.81. The number of morpholine rings is 1. The van der Waals surface area contributed by atoms with Crippen molar-refractivity contribution < 1.29 is 19.1 Å². The molecule has 0 unspecified atom stereocenters. The summed E-state index contributed by atoms with van der Waals surface area (Å²) in [6.45, 7) is 5.43. The van der Waals surface area contributed by atoms with E-state index < -0.39 is 0 Å². The summed E-state index contributed by atoms with van der Waals surface area (Å²) in [6.07, 6.45) is 3.37. The number of hydrogen-bond donors (Lipinski definition) is 0. The number of benzene rings is 2. The maximum Gasteiger partial charge on any atom is 0.320 e. The van der Waals surface area contributed by atoms with Gasteiger partial charge in [0.15, 0.2) is 0 Å². The number of rotatable bonds is 9. The topological polar surface area (TPSA) is 59.1 Å². The lowest BCUT2D eigenvalue weighted by atomic mass is 10.2. The number of ether oxygens (including phenoxy) is 2. The number of amides is 1. The summed E-state index contributed by atoms with van der Waals surface area (Å²) in [7, 11) is 1.89. The predicted molar refractivity (Wildman–Crippen MR) is 131 cm³/mol.